The lowest BCUT2D eigenvalue weighted by Gasteiger charge is -2.29. The Labute approximate surface area is 149 Å². The molecular weight excluding hydrogens is 344 g/mol. The van der Waals surface area contributed by atoms with Crippen molar-refractivity contribution < 1.29 is 30.6 Å². The third kappa shape index (κ3) is 4.15. The second-order valence-corrected chi connectivity index (χ2v) is 5.99. The largest absolute Gasteiger partial charge is 0.394 e. The highest BCUT2D eigenvalue weighted by Crippen LogP contribution is 2.22. The summed E-state index contributed by atoms with van der Waals surface area (Å²) in [5, 5.41) is 58.5. The number of aromatic nitrogens is 2. The summed E-state index contributed by atoms with van der Waals surface area (Å²) in [7, 11) is 0. The highest BCUT2D eigenvalue weighted by molar-refractivity contribution is 5.36. The van der Waals surface area contributed by atoms with Crippen LogP contribution in [0.25, 0.3) is 5.69 Å². The Hall–Kier alpha value is -2.14. The summed E-state index contributed by atoms with van der Waals surface area (Å²) in [5.74, 6) is 0. The normalized spacial score (nSPS) is 17.3. The molecule has 2 aromatic rings. The molecule has 1 aromatic carbocycles. The Kier molecular flexibility index (Phi) is 6.59. The summed E-state index contributed by atoms with van der Waals surface area (Å²) in [6.07, 6.45) is -8.15. The van der Waals surface area contributed by atoms with Gasteiger partial charge >= 0.3 is 5.69 Å². The van der Waals surface area contributed by atoms with Crippen LogP contribution in [-0.4, -0.2) is 71.2 Å². The van der Waals surface area contributed by atoms with Gasteiger partial charge in [-0.15, -0.1) is 0 Å². The minimum Gasteiger partial charge on any atom is -0.394 e. The third-order valence-corrected chi connectivity index (χ3v) is 4.08. The number of rotatable bonds is 7. The second kappa shape index (κ2) is 8.49. The molecule has 1 aromatic heterocycles. The van der Waals surface area contributed by atoms with Crippen LogP contribution in [0.15, 0.2) is 41.3 Å². The summed E-state index contributed by atoms with van der Waals surface area (Å²) < 4.78 is 1.06. The van der Waals surface area contributed by atoms with Gasteiger partial charge in [0.25, 0.3) is 0 Å². The SMILES string of the molecule is Cc1ccc(-n2c(C(O)[C@H](O)[C@@H](O)[C@H](O)[C@H](O)CO)ccnc2=O)cc1. The molecule has 2 rings (SSSR count). The van der Waals surface area contributed by atoms with E-state index in [2.05, 4.69) is 4.98 Å². The van der Waals surface area contributed by atoms with Crippen LogP contribution < -0.4 is 5.69 Å². The van der Waals surface area contributed by atoms with Crippen molar-refractivity contribution in [1.29, 1.82) is 0 Å². The zero-order chi connectivity index (χ0) is 19.4. The van der Waals surface area contributed by atoms with Crippen molar-refractivity contribution in [2.75, 3.05) is 6.61 Å². The molecule has 5 atom stereocenters. The van der Waals surface area contributed by atoms with Gasteiger partial charge < -0.3 is 30.6 Å². The molecule has 0 bridgehead atoms. The Bertz CT molecular complexity index is 777. The fourth-order valence-electron chi connectivity index (χ4n) is 2.50. The van der Waals surface area contributed by atoms with Crippen molar-refractivity contribution in [3.8, 4) is 5.69 Å². The van der Waals surface area contributed by atoms with Crippen LogP contribution in [0.3, 0.4) is 0 Å². The predicted molar refractivity (Wildman–Crippen MR) is 90.6 cm³/mol. The summed E-state index contributed by atoms with van der Waals surface area (Å²) in [5.41, 5.74) is 0.568. The van der Waals surface area contributed by atoms with E-state index in [1.807, 2.05) is 6.92 Å². The van der Waals surface area contributed by atoms with Crippen LogP contribution in [0.1, 0.15) is 17.4 Å². The fraction of sp³-hybridized carbons (Fsp3) is 0.412. The summed E-state index contributed by atoms with van der Waals surface area (Å²) in [4.78, 5) is 15.8. The van der Waals surface area contributed by atoms with Crippen LogP contribution in [-0.2, 0) is 0 Å². The number of aliphatic hydroxyl groups excluding tert-OH is 6. The standard InChI is InChI=1S/C17H22N2O7/c1-9-2-4-10(5-3-9)19-11(6-7-18-17(19)26)13(22)15(24)16(25)14(23)12(21)8-20/h2-7,12-16,20-25H,8H2,1H3/t12-,13?,14-,15+,16+/m1/s1. The van der Waals surface area contributed by atoms with Gasteiger partial charge in [-0.25, -0.2) is 9.78 Å². The number of hydrogen-bond acceptors (Lipinski definition) is 8. The first-order valence-electron chi connectivity index (χ1n) is 7.94. The van der Waals surface area contributed by atoms with Gasteiger partial charge in [0.15, 0.2) is 0 Å². The van der Waals surface area contributed by atoms with E-state index in [9.17, 15) is 30.3 Å². The quantitative estimate of drug-likeness (QED) is 0.329. The molecule has 0 aliphatic heterocycles. The smallest absolute Gasteiger partial charge is 0.352 e. The molecule has 0 amide bonds. The lowest BCUT2D eigenvalue weighted by Crippen LogP contribution is -2.48. The van der Waals surface area contributed by atoms with Gasteiger partial charge in [-0.05, 0) is 25.1 Å². The molecule has 0 spiro atoms. The summed E-state index contributed by atoms with van der Waals surface area (Å²) in [6.45, 7) is 1.02. The van der Waals surface area contributed by atoms with Gasteiger partial charge in [0.05, 0.1) is 18.0 Å². The Morgan fingerprint density at radius 1 is 0.962 bits per heavy atom. The molecule has 0 radical (unpaired) electrons. The van der Waals surface area contributed by atoms with Gasteiger partial charge in [-0.2, -0.15) is 0 Å². The lowest BCUT2D eigenvalue weighted by molar-refractivity contribution is -0.142. The van der Waals surface area contributed by atoms with Gasteiger partial charge in [0, 0.05) is 6.20 Å². The number of benzene rings is 1. The molecule has 0 saturated carbocycles. The zero-order valence-electron chi connectivity index (χ0n) is 14.0. The van der Waals surface area contributed by atoms with E-state index < -0.39 is 42.8 Å². The van der Waals surface area contributed by atoms with Crippen molar-refractivity contribution in [3.63, 3.8) is 0 Å². The van der Waals surface area contributed by atoms with Gasteiger partial charge in [-0.3, -0.25) is 4.57 Å². The number of nitrogens with zero attached hydrogens (tertiary/aromatic N) is 2. The topological polar surface area (TPSA) is 156 Å². The fourth-order valence-corrected chi connectivity index (χ4v) is 2.50. The van der Waals surface area contributed by atoms with Crippen molar-refractivity contribution in [2.45, 2.75) is 37.4 Å². The first-order valence-corrected chi connectivity index (χ1v) is 7.94. The predicted octanol–water partition coefficient (Wildman–Crippen LogP) is -1.99. The van der Waals surface area contributed by atoms with Crippen LogP contribution >= 0.6 is 0 Å². The van der Waals surface area contributed by atoms with E-state index in [0.717, 1.165) is 16.3 Å². The molecule has 9 heteroatoms. The zero-order valence-corrected chi connectivity index (χ0v) is 14.0. The molecule has 9 nitrogen and oxygen atoms in total. The highest BCUT2D eigenvalue weighted by Gasteiger charge is 2.35. The second-order valence-electron chi connectivity index (χ2n) is 5.99. The minimum atomic E-state index is -1.97. The molecule has 0 aliphatic carbocycles. The Morgan fingerprint density at radius 2 is 1.58 bits per heavy atom. The Morgan fingerprint density at radius 3 is 2.15 bits per heavy atom. The van der Waals surface area contributed by atoms with Gasteiger partial charge in [0.1, 0.15) is 30.5 Å². The van der Waals surface area contributed by atoms with Crippen molar-refractivity contribution in [1.82, 2.24) is 9.55 Å². The molecular formula is C17H22N2O7. The minimum absolute atomic E-state index is 0.0638. The summed E-state index contributed by atoms with van der Waals surface area (Å²) >= 11 is 0. The lowest BCUT2D eigenvalue weighted by atomic mass is 9.97. The van der Waals surface area contributed by atoms with E-state index in [4.69, 9.17) is 5.11 Å². The van der Waals surface area contributed by atoms with Gasteiger partial charge in [-0.1, -0.05) is 17.7 Å². The van der Waals surface area contributed by atoms with Crippen LogP contribution in [0.5, 0.6) is 0 Å². The molecule has 6 N–H and O–H groups in total. The maximum atomic E-state index is 12.2. The molecule has 0 aliphatic rings. The maximum absolute atomic E-state index is 12.2. The average Bonchev–Trinajstić information content (AvgIpc) is 2.65. The molecule has 0 fully saturated rings. The van der Waals surface area contributed by atoms with E-state index in [1.54, 1.807) is 24.3 Å². The van der Waals surface area contributed by atoms with Crippen molar-refractivity contribution >= 4 is 0 Å². The van der Waals surface area contributed by atoms with Gasteiger partial charge in [0.2, 0.25) is 0 Å². The number of aliphatic hydroxyl groups is 6. The number of hydrogen-bond donors (Lipinski definition) is 6. The van der Waals surface area contributed by atoms with Crippen molar-refractivity contribution in [3.05, 3.63) is 58.3 Å². The molecule has 1 heterocycles. The van der Waals surface area contributed by atoms with Crippen LogP contribution in [0.4, 0.5) is 0 Å². The van der Waals surface area contributed by atoms with Crippen molar-refractivity contribution in [2.24, 2.45) is 0 Å². The van der Waals surface area contributed by atoms with Crippen LogP contribution in [0, 0.1) is 6.92 Å². The molecule has 1 unspecified atom stereocenters. The van der Waals surface area contributed by atoms with Crippen LogP contribution in [0.2, 0.25) is 0 Å². The summed E-state index contributed by atoms with van der Waals surface area (Å²) in [6, 6.07) is 8.04. The van der Waals surface area contributed by atoms with E-state index in [1.165, 1.54) is 6.07 Å². The van der Waals surface area contributed by atoms with E-state index in [0.29, 0.717) is 5.69 Å². The first kappa shape index (κ1) is 20.2. The average molecular weight is 366 g/mol. The molecule has 0 saturated heterocycles. The number of aryl methyl sites for hydroxylation is 1. The van der Waals surface area contributed by atoms with E-state index in [-0.39, 0.29) is 5.69 Å². The Balaban J connectivity index is 2.40. The molecule has 142 valence electrons. The highest BCUT2D eigenvalue weighted by atomic mass is 16.4. The third-order valence-electron chi connectivity index (χ3n) is 4.08. The van der Waals surface area contributed by atoms with E-state index >= 15 is 0 Å². The monoisotopic (exact) mass is 366 g/mol. The molecule has 26 heavy (non-hydrogen) atoms. The maximum Gasteiger partial charge on any atom is 0.352 e. The first-order chi connectivity index (χ1) is 12.3.